The molecule has 1 aliphatic carbocycles. The van der Waals surface area contributed by atoms with Crippen molar-refractivity contribution in [2.45, 2.75) is 38.6 Å². The summed E-state index contributed by atoms with van der Waals surface area (Å²) < 4.78 is 4.52. The first kappa shape index (κ1) is 14.7. The number of carbonyl (C=O) groups excluding carboxylic acids is 2. The van der Waals surface area contributed by atoms with Gasteiger partial charge in [0, 0.05) is 12.0 Å². The summed E-state index contributed by atoms with van der Waals surface area (Å²) in [5.74, 6) is 0.133. The molecule has 0 heterocycles. The molecule has 1 saturated carbocycles. The van der Waals surface area contributed by atoms with Crippen molar-refractivity contribution in [2.75, 3.05) is 7.11 Å². The lowest BCUT2D eigenvalue weighted by atomic mass is 9.82. The number of ketones is 1. The summed E-state index contributed by atoms with van der Waals surface area (Å²) in [4.78, 5) is 22.3. The van der Waals surface area contributed by atoms with Crippen molar-refractivity contribution >= 4 is 11.9 Å². The minimum absolute atomic E-state index is 0.0251. The Hall–Kier alpha value is -1.32. The Balaban J connectivity index is 0.00000106. The van der Waals surface area contributed by atoms with Gasteiger partial charge in [0.05, 0.1) is 7.11 Å². The van der Waals surface area contributed by atoms with E-state index in [1.807, 2.05) is 0 Å². The van der Waals surface area contributed by atoms with E-state index in [2.05, 4.69) is 23.2 Å². The highest BCUT2D eigenvalue weighted by atomic mass is 16.5. The zero-order valence-corrected chi connectivity index (χ0v) is 10.1. The molecular formula is C12H21NO3. The van der Waals surface area contributed by atoms with Crippen molar-refractivity contribution in [3.05, 3.63) is 13.2 Å². The summed E-state index contributed by atoms with van der Waals surface area (Å²) in [6.45, 7) is 7.59. The SMILES string of the molecule is C=C.COC(=O)NC1CCCCC1C(C)=O. The van der Waals surface area contributed by atoms with Gasteiger partial charge < -0.3 is 10.1 Å². The maximum Gasteiger partial charge on any atom is 0.407 e. The van der Waals surface area contributed by atoms with Gasteiger partial charge in [-0.05, 0) is 19.8 Å². The van der Waals surface area contributed by atoms with E-state index in [1.165, 1.54) is 7.11 Å². The molecule has 0 aromatic carbocycles. The van der Waals surface area contributed by atoms with E-state index < -0.39 is 6.09 Å². The fourth-order valence-electron chi connectivity index (χ4n) is 2.00. The molecular weight excluding hydrogens is 206 g/mol. The number of rotatable bonds is 2. The summed E-state index contributed by atoms with van der Waals surface area (Å²) in [5.41, 5.74) is 0. The van der Waals surface area contributed by atoms with Crippen LogP contribution in [0.1, 0.15) is 32.6 Å². The van der Waals surface area contributed by atoms with Gasteiger partial charge in [-0.2, -0.15) is 0 Å². The molecule has 0 aliphatic heterocycles. The van der Waals surface area contributed by atoms with Crippen LogP contribution in [0.5, 0.6) is 0 Å². The molecule has 0 aromatic heterocycles. The molecule has 0 aromatic rings. The Labute approximate surface area is 97.1 Å². The summed E-state index contributed by atoms with van der Waals surface area (Å²) in [6, 6.07) is -0.0336. The van der Waals surface area contributed by atoms with E-state index in [9.17, 15) is 9.59 Å². The fraction of sp³-hybridized carbons (Fsp3) is 0.667. The quantitative estimate of drug-likeness (QED) is 0.736. The maximum absolute atomic E-state index is 11.3. The second kappa shape index (κ2) is 7.91. The molecule has 16 heavy (non-hydrogen) atoms. The first-order chi connectivity index (χ1) is 7.65. The molecule has 0 bridgehead atoms. The van der Waals surface area contributed by atoms with Gasteiger partial charge in [-0.25, -0.2) is 4.79 Å². The molecule has 92 valence electrons. The van der Waals surface area contributed by atoms with Crippen LogP contribution in [0.25, 0.3) is 0 Å². The van der Waals surface area contributed by atoms with Crippen LogP contribution in [0.3, 0.4) is 0 Å². The van der Waals surface area contributed by atoms with Crippen molar-refractivity contribution in [1.82, 2.24) is 5.32 Å². The molecule has 2 atom stereocenters. The number of amides is 1. The minimum Gasteiger partial charge on any atom is -0.453 e. The molecule has 1 rings (SSSR count). The Bertz CT molecular complexity index is 240. The zero-order chi connectivity index (χ0) is 12.6. The van der Waals surface area contributed by atoms with Crippen LogP contribution in [-0.4, -0.2) is 25.0 Å². The number of carbonyl (C=O) groups is 2. The van der Waals surface area contributed by atoms with Crippen LogP contribution in [0.15, 0.2) is 13.2 Å². The van der Waals surface area contributed by atoms with Crippen molar-refractivity contribution in [3.63, 3.8) is 0 Å². The van der Waals surface area contributed by atoms with Crippen LogP contribution >= 0.6 is 0 Å². The van der Waals surface area contributed by atoms with E-state index in [-0.39, 0.29) is 17.7 Å². The molecule has 2 unspecified atom stereocenters. The van der Waals surface area contributed by atoms with Crippen molar-refractivity contribution < 1.29 is 14.3 Å². The predicted molar refractivity (Wildman–Crippen MR) is 63.2 cm³/mol. The summed E-state index contributed by atoms with van der Waals surface area (Å²) in [7, 11) is 1.33. The second-order valence-electron chi connectivity index (χ2n) is 3.74. The minimum atomic E-state index is -0.442. The van der Waals surface area contributed by atoms with Crippen LogP contribution in [0.2, 0.25) is 0 Å². The van der Waals surface area contributed by atoms with Gasteiger partial charge in [-0.1, -0.05) is 12.8 Å². The third kappa shape index (κ3) is 4.47. The molecule has 1 amide bonds. The lowest BCUT2D eigenvalue weighted by molar-refractivity contribution is -0.122. The zero-order valence-electron chi connectivity index (χ0n) is 10.1. The van der Waals surface area contributed by atoms with Gasteiger partial charge in [0.1, 0.15) is 5.78 Å². The van der Waals surface area contributed by atoms with Gasteiger partial charge >= 0.3 is 6.09 Å². The van der Waals surface area contributed by atoms with Gasteiger partial charge in [-0.3, -0.25) is 4.79 Å². The lowest BCUT2D eigenvalue weighted by Crippen LogP contribution is -2.44. The number of methoxy groups -OCH3 is 1. The highest BCUT2D eigenvalue weighted by molar-refractivity contribution is 5.80. The topological polar surface area (TPSA) is 55.4 Å². The number of alkyl carbamates (subject to hydrolysis) is 1. The smallest absolute Gasteiger partial charge is 0.407 e. The number of Topliss-reactive ketones (excluding diaryl/α,β-unsaturated/α-hetero) is 1. The first-order valence-electron chi connectivity index (χ1n) is 5.50. The summed E-state index contributed by atoms with van der Waals surface area (Å²) >= 11 is 0. The van der Waals surface area contributed by atoms with Gasteiger partial charge in [0.15, 0.2) is 0 Å². The Morgan fingerprint density at radius 3 is 2.31 bits per heavy atom. The monoisotopic (exact) mass is 227 g/mol. The van der Waals surface area contributed by atoms with Crippen molar-refractivity contribution in [1.29, 1.82) is 0 Å². The summed E-state index contributed by atoms with van der Waals surface area (Å²) in [6.07, 6.45) is 3.45. The van der Waals surface area contributed by atoms with Crippen LogP contribution in [0, 0.1) is 5.92 Å². The predicted octanol–water partition coefficient (Wildman–Crippen LogP) is 2.29. The van der Waals surface area contributed by atoms with Crippen LogP contribution in [-0.2, 0) is 9.53 Å². The third-order valence-corrected chi connectivity index (χ3v) is 2.78. The highest BCUT2D eigenvalue weighted by Gasteiger charge is 2.29. The van der Waals surface area contributed by atoms with E-state index in [0.29, 0.717) is 0 Å². The van der Waals surface area contributed by atoms with Gasteiger partial charge in [0.2, 0.25) is 0 Å². The Morgan fingerprint density at radius 1 is 1.25 bits per heavy atom. The maximum atomic E-state index is 11.3. The van der Waals surface area contributed by atoms with Crippen molar-refractivity contribution in [2.24, 2.45) is 5.92 Å². The Morgan fingerprint density at radius 2 is 1.81 bits per heavy atom. The number of hydrogen-bond acceptors (Lipinski definition) is 3. The lowest BCUT2D eigenvalue weighted by Gasteiger charge is -2.29. The van der Waals surface area contributed by atoms with E-state index in [4.69, 9.17) is 0 Å². The average molecular weight is 227 g/mol. The van der Waals surface area contributed by atoms with E-state index in [0.717, 1.165) is 25.7 Å². The number of ether oxygens (including phenoxy) is 1. The summed E-state index contributed by atoms with van der Waals surface area (Å²) in [5, 5.41) is 2.72. The van der Waals surface area contributed by atoms with Crippen LogP contribution < -0.4 is 5.32 Å². The average Bonchev–Trinajstić information content (AvgIpc) is 2.32. The highest BCUT2D eigenvalue weighted by Crippen LogP contribution is 2.25. The molecule has 4 nitrogen and oxygen atoms in total. The van der Waals surface area contributed by atoms with Crippen molar-refractivity contribution in [3.8, 4) is 0 Å². The normalized spacial score (nSPS) is 23.6. The van der Waals surface area contributed by atoms with E-state index >= 15 is 0 Å². The standard InChI is InChI=1S/C10H17NO3.C2H4/c1-7(12)8-5-3-4-6-9(8)11-10(13)14-2;1-2/h8-9H,3-6H2,1-2H3,(H,11,13);1-2H2. The number of hydrogen-bond donors (Lipinski definition) is 1. The largest absolute Gasteiger partial charge is 0.453 e. The number of nitrogens with one attached hydrogen (secondary N) is 1. The molecule has 4 heteroatoms. The van der Waals surface area contributed by atoms with Crippen LogP contribution in [0.4, 0.5) is 4.79 Å². The van der Waals surface area contributed by atoms with Gasteiger partial charge in [0.25, 0.3) is 0 Å². The molecule has 0 saturated heterocycles. The molecule has 0 spiro atoms. The Kier molecular flexibility index (Phi) is 7.25. The van der Waals surface area contributed by atoms with E-state index in [1.54, 1.807) is 6.92 Å². The third-order valence-electron chi connectivity index (χ3n) is 2.78. The molecule has 1 N–H and O–H groups in total. The fourth-order valence-corrected chi connectivity index (χ4v) is 2.00. The second-order valence-corrected chi connectivity index (χ2v) is 3.74. The molecule has 0 radical (unpaired) electrons. The molecule has 1 aliphatic rings. The van der Waals surface area contributed by atoms with Gasteiger partial charge in [-0.15, -0.1) is 13.2 Å². The first-order valence-corrected chi connectivity index (χ1v) is 5.50. The molecule has 1 fully saturated rings.